The number of carbonyl (C=O) groups is 1. The molecule has 0 amide bonds. The molecule has 94 valence electrons. The molecule has 0 aromatic carbocycles. The highest BCUT2D eigenvalue weighted by atomic mass is 16.1. The lowest BCUT2D eigenvalue weighted by molar-refractivity contribution is -0.110. The van der Waals surface area contributed by atoms with E-state index in [0.717, 1.165) is 18.4 Å². The number of ketones is 1. The zero-order valence-electron chi connectivity index (χ0n) is 11.7. The van der Waals surface area contributed by atoms with Crippen molar-refractivity contribution in [2.75, 3.05) is 0 Å². The van der Waals surface area contributed by atoms with Gasteiger partial charge >= 0.3 is 0 Å². The highest BCUT2D eigenvalue weighted by Crippen LogP contribution is 2.06. The van der Waals surface area contributed by atoms with Crippen molar-refractivity contribution in [1.29, 1.82) is 0 Å². The molecule has 1 nitrogen and oxygen atoms in total. The van der Waals surface area contributed by atoms with Gasteiger partial charge in [-0.25, -0.2) is 0 Å². The van der Waals surface area contributed by atoms with Gasteiger partial charge < -0.3 is 0 Å². The molecule has 0 saturated heterocycles. The summed E-state index contributed by atoms with van der Waals surface area (Å²) in [6, 6.07) is 0. The fourth-order valence-corrected chi connectivity index (χ4v) is 1.31. The first kappa shape index (κ1) is 15.6. The van der Waals surface area contributed by atoms with E-state index in [2.05, 4.69) is 26.8 Å². The summed E-state index contributed by atoms with van der Waals surface area (Å²) >= 11 is 0. The molecular formula is C16H24O. The average Bonchev–Trinajstić information content (AvgIpc) is 2.15. The van der Waals surface area contributed by atoms with Crippen LogP contribution in [0.5, 0.6) is 0 Å². The van der Waals surface area contributed by atoms with Crippen LogP contribution in [0.2, 0.25) is 0 Å². The molecule has 0 aliphatic heterocycles. The van der Waals surface area contributed by atoms with Crippen LogP contribution in [0.3, 0.4) is 0 Å². The van der Waals surface area contributed by atoms with Gasteiger partial charge in [0.25, 0.3) is 0 Å². The second-order valence-corrected chi connectivity index (χ2v) is 4.82. The van der Waals surface area contributed by atoms with E-state index in [-0.39, 0.29) is 5.78 Å². The lowest BCUT2D eigenvalue weighted by atomic mass is 10.1. The molecule has 1 heteroatoms. The van der Waals surface area contributed by atoms with Gasteiger partial charge in [0.15, 0.2) is 5.78 Å². The molecule has 0 heterocycles. The van der Waals surface area contributed by atoms with Crippen LogP contribution >= 0.6 is 0 Å². The second kappa shape index (κ2) is 8.74. The van der Waals surface area contributed by atoms with Gasteiger partial charge in [-0.2, -0.15) is 0 Å². The van der Waals surface area contributed by atoms with Crippen molar-refractivity contribution in [3.05, 3.63) is 47.1 Å². The van der Waals surface area contributed by atoms with Crippen LogP contribution in [-0.4, -0.2) is 5.78 Å². The molecule has 0 spiro atoms. The minimum Gasteiger partial charge on any atom is -0.290 e. The lowest BCUT2D eigenvalue weighted by Gasteiger charge is -1.96. The van der Waals surface area contributed by atoms with E-state index in [9.17, 15) is 4.79 Å². The van der Waals surface area contributed by atoms with E-state index in [0.29, 0.717) is 0 Å². The fraction of sp³-hybridized carbons (Fsp3) is 0.438. The minimum absolute atomic E-state index is 0.0540. The summed E-state index contributed by atoms with van der Waals surface area (Å²) in [4.78, 5) is 11.3. The van der Waals surface area contributed by atoms with Crippen LogP contribution in [0.4, 0.5) is 0 Å². The maximum absolute atomic E-state index is 11.3. The third-order valence-corrected chi connectivity index (χ3v) is 2.16. The monoisotopic (exact) mass is 232 g/mol. The van der Waals surface area contributed by atoms with Gasteiger partial charge in [-0.05, 0) is 59.6 Å². The maximum Gasteiger partial charge on any atom is 0.178 e. The molecule has 0 N–H and O–H groups in total. The molecule has 0 aliphatic carbocycles. The van der Waals surface area contributed by atoms with E-state index in [1.54, 1.807) is 12.2 Å². The van der Waals surface area contributed by atoms with Crippen LogP contribution in [-0.2, 0) is 4.79 Å². The molecule has 17 heavy (non-hydrogen) atoms. The normalized spacial score (nSPS) is 11.5. The van der Waals surface area contributed by atoms with Crippen molar-refractivity contribution >= 4 is 5.78 Å². The van der Waals surface area contributed by atoms with E-state index in [1.165, 1.54) is 11.1 Å². The summed E-state index contributed by atoms with van der Waals surface area (Å²) in [6.07, 6.45) is 11.4. The van der Waals surface area contributed by atoms with Crippen LogP contribution in [0.15, 0.2) is 47.1 Å². The highest BCUT2D eigenvalue weighted by Gasteiger charge is 1.89. The lowest BCUT2D eigenvalue weighted by Crippen LogP contribution is -1.85. The van der Waals surface area contributed by atoms with Crippen molar-refractivity contribution in [1.82, 2.24) is 0 Å². The summed E-state index contributed by atoms with van der Waals surface area (Å²) in [5, 5.41) is 0. The first-order valence-electron chi connectivity index (χ1n) is 6.08. The van der Waals surface area contributed by atoms with Gasteiger partial charge in [0.1, 0.15) is 0 Å². The summed E-state index contributed by atoms with van der Waals surface area (Å²) < 4.78 is 0. The van der Waals surface area contributed by atoms with Gasteiger partial charge in [-0.1, -0.05) is 34.9 Å². The van der Waals surface area contributed by atoms with Gasteiger partial charge in [-0.15, -0.1) is 0 Å². The number of allylic oxidation sites excluding steroid dienone is 8. The topological polar surface area (TPSA) is 17.1 Å². The predicted octanol–water partition coefficient (Wildman–Crippen LogP) is 4.77. The summed E-state index contributed by atoms with van der Waals surface area (Å²) in [6.45, 7) is 10.2. The van der Waals surface area contributed by atoms with Crippen molar-refractivity contribution in [2.45, 2.75) is 47.5 Å². The Morgan fingerprint density at radius 2 is 1.65 bits per heavy atom. The maximum atomic E-state index is 11.3. The Kier molecular flexibility index (Phi) is 8.04. The summed E-state index contributed by atoms with van der Waals surface area (Å²) in [5.41, 5.74) is 3.68. The first-order chi connectivity index (χ1) is 7.91. The van der Waals surface area contributed by atoms with E-state index >= 15 is 0 Å². The molecular weight excluding hydrogens is 208 g/mol. The average molecular weight is 232 g/mol. The Morgan fingerprint density at radius 3 is 2.18 bits per heavy atom. The van der Waals surface area contributed by atoms with E-state index in [4.69, 9.17) is 0 Å². The van der Waals surface area contributed by atoms with Crippen LogP contribution < -0.4 is 0 Å². The molecule has 0 bridgehead atoms. The molecule has 0 atom stereocenters. The molecule has 0 radical (unpaired) electrons. The zero-order valence-corrected chi connectivity index (χ0v) is 11.7. The second-order valence-electron chi connectivity index (χ2n) is 4.82. The Morgan fingerprint density at radius 1 is 1.00 bits per heavy atom. The molecule has 0 saturated carbocycles. The van der Waals surface area contributed by atoms with Crippen molar-refractivity contribution in [3.8, 4) is 0 Å². The van der Waals surface area contributed by atoms with Crippen molar-refractivity contribution in [2.24, 2.45) is 0 Å². The van der Waals surface area contributed by atoms with Gasteiger partial charge in [0.05, 0.1) is 0 Å². The third-order valence-electron chi connectivity index (χ3n) is 2.16. The van der Waals surface area contributed by atoms with E-state index in [1.807, 2.05) is 26.0 Å². The van der Waals surface area contributed by atoms with Crippen LogP contribution in [0.1, 0.15) is 47.5 Å². The number of rotatable bonds is 6. The molecule has 0 rings (SSSR count). The van der Waals surface area contributed by atoms with Crippen LogP contribution in [0, 0.1) is 0 Å². The number of hydrogen-bond acceptors (Lipinski definition) is 1. The third kappa shape index (κ3) is 10.9. The number of hydrogen-bond donors (Lipinski definition) is 0. The highest BCUT2D eigenvalue weighted by molar-refractivity contribution is 5.99. The zero-order chi connectivity index (χ0) is 13.3. The number of carbonyl (C=O) groups excluding carboxylic acids is 1. The Hall–Kier alpha value is -1.37. The Labute approximate surface area is 106 Å². The largest absolute Gasteiger partial charge is 0.290 e. The van der Waals surface area contributed by atoms with Crippen molar-refractivity contribution in [3.63, 3.8) is 0 Å². The molecule has 0 aliphatic rings. The molecule has 0 unspecified atom stereocenters. The fourth-order valence-electron chi connectivity index (χ4n) is 1.31. The Bertz CT molecular complexity index is 357. The smallest absolute Gasteiger partial charge is 0.178 e. The van der Waals surface area contributed by atoms with Crippen LogP contribution in [0.25, 0.3) is 0 Å². The van der Waals surface area contributed by atoms with Crippen molar-refractivity contribution < 1.29 is 4.79 Å². The Balaban J connectivity index is 4.15. The van der Waals surface area contributed by atoms with Gasteiger partial charge in [0, 0.05) is 0 Å². The molecule has 0 aromatic rings. The SMILES string of the molecule is CC(C)=CCC/C(C)=C/C=C/C(=O)C=C(C)C. The molecule has 0 fully saturated rings. The van der Waals surface area contributed by atoms with Gasteiger partial charge in [0.2, 0.25) is 0 Å². The van der Waals surface area contributed by atoms with E-state index < -0.39 is 0 Å². The molecule has 0 aromatic heterocycles. The quantitative estimate of drug-likeness (QED) is 0.366. The minimum atomic E-state index is 0.0540. The van der Waals surface area contributed by atoms with Gasteiger partial charge in [-0.3, -0.25) is 4.79 Å². The first-order valence-corrected chi connectivity index (χ1v) is 6.08. The predicted molar refractivity (Wildman–Crippen MR) is 76.0 cm³/mol. The summed E-state index contributed by atoms with van der Waals surface area (Å²) in [7, 11) is 0. The standard InChI is InChI=1S/C16H24O/c1-13(2)8-6-9-15(5)10-7-11-16(17)12-14(3)4/h7-8,10-12H,6,9H2,1-5H3/b11-7+,15-10+. The summed E-state index contributed by atoms with van der Waals surface area (Å²) in [5.74, 6) is 0.0540.